The Morgan fingerprint density at radius 1 is 1.18 bits per heavy atom. The molecule has 11 heavy (non-hydrogen) atoms. The standard InChI is InChI=1S/C8H11NO2/c10-6-2-1-4-8(6)5-3-7(11)9-8/h1-5H2,(H,9,11)/t8-/m0/s1. The number of ketones is 1. The van der Waals surface area contributed by atoms with Gasteiger partial charge in [-0.2, -0.15) is 0 Å². The Morgan fingerprint density at radius 3 is 2.45 bits per heavy atom. The Labute approximate surface area is 65.2 Å². The zero-order valence-corrected chi connectivity index (χ0v) is 6.35. The van der Waals surface area contributed by atoms with E-state index in [0.717, 1.165) is 19.3 Å². The first kappa shape index (κ1) is 6.83. The molecule has 0 bridgehead atoms. The van der Waals surface area contributed by atoms with Crippen molar-refractivity contribution in [3.63, 3.8) is 0 Å². The molecule has 3 nitrogen and oxygen atoms in total. The van der Waals surface area contributed by atoms with Gasteiger partial charge in [0.2, 0.25) is 5.91 Å². The molecule has 1 aliphatic heterocycles. The first-order valence-corrected chi connectivity index (χ1v) is 4.07. The first-order chi connectivity index (χ1) is 5.23. The second-order valence-electron chi connectivity index (χ2n) is 3.41. The SMILES string of the molecule is O=C1CC[C@]2(CCCC2=O)N1. The van der Waals surface area contributed by atoms with E-state index in [4.69, 9.17) is 0 Å². The zero-order chi connectivity index (χ0) is 7.90. The van der Waals surface area contributed by atoms with E-state index in [1.165, 1.54) is 0 Å². The van der Waals surface area contributed by atoms with E-state index in [2.05, 4.69) is 5.32 Å². The molecule has 1 saturated heterocycles. The summed E-state index contributed by atoms with van der Waals surface area (Å²) in [6, 6.07) is 0. The predicted molar refractivity (Wildman–Crippen MR) is 39.0 cm³/mol. The van der Waals surface area contributed by atoms with Crippen molar-refractivity contribution >= 4 is 11.7 Å². The van der Waals surface area contributed by atoms with Gasteiger partial charge < -0.3 is 5.32 Å². The minimum atomic E-state index is -0.420. The summed E-state index contributed by atoms with van der Waals surface area (Å²) in [6.45, 7) is 0. The first-order valence-electron chi connectivity index (χ1n) is 4.07. The quantitative estimate of drug-likeness (QED) is 0.547. The Morgan fingerprint density at radius 2 is 2.00 bits per heavy atom. The van der Waals surface area contributed by atoms with Crippen molar-refractivity contribution in [2.24, 2.45) is 0 Å². The summed E-state index contributed by atoms with van der Waals surface area (Å²) in [5.74, 6) is 0.281. The number of rotatable bonds is 0. The third-order valence-electron chi connectivity index (χ3n) is 2.70. The molecule has 0 aromatic carbocycles. The lowest BCUT2D eigenvalue weighted by molar-refractivity contribution is -0.126. The molecular formula is C8H11NO2. The van der Waals surface area contributed by atoms with Crippen molar-refractivity contribution in [2.45, 2.75) is 37.6 Å². The third-order valence-corrected chi connectivity index (χ3v) is 2.70. The molecule has 1 aliphatic carbocycles. The van der Waals surface area contributed by atoms with E-state index in [9.17, 15) is 9.59 Å². The summed E-state index contributed by atoms with van der Waals surface area (Å²) in [7, 11) is 0. The fourth-order valence-corrected chi connectivity index (χ4v) is 2.04. The van der Waals surface area contributed by atoms with Crippen molar-refractivity contribution < 1.29 is 9.59 Å². The average molecular weight is 153 g/mol. The monoisotopic (exact) mass is 153 g/mol. The topological polar surface area (TPSA) is 46.2 Å². The van der Waals surface area contributed by atoms with E-state index in [1.807, 2.05) is 0 Å². The molecule has 60 valence electrons. The van der Waals surface area contributed by atoms with Crippen LogP contribution < -0.4 is 5.32 Å². The van der Waals surface area contributed by atoms with Gasteiger partial charge in [0.25, 0.3) is 0 Å². The van der Waals surface area contributed by atoms with Crippen LogP contribution in [0.25, 0.3) is 0 Å². The number of nitrogens with one attached hydrogen (secondary N) is 1. The normalized spacial score (nSPS) is 36.7. The summed E-state index contributed by atoms with van der Waals surface area (Å²) in [5.41, 5.74) is -0.420. The van der Waals surface area contributed by atoms with Crippen LogP contribution in [-0.2, 0) is 9.59 Å². The minimum absolute atomic E-state index is 0.0419. The van der Waals surface area contributed by atoms with Crippen LogP contribution >= 0.6 is 0 Å². The average Bonchev–Trinajstić information content (AvgIpc) is 2.46. The molecule has 1 amide bonds. The summed E-state index contributed by atoms with van der Waals surface area (Å²) in [5, 5.41) is 2.79. The largest absolute Gasteiger partial charge is 0.344 e. The van der Waals surface area contributed by atoms with Crippen LogP contribution in [0.1, 0.15) is 32.1 Å². The lowest BCUT2D eigenvalue weighted by Gasteiger charge is -2.19. The molecule has 2 aliphatic rings. The van der Waals surface area contributed by atoms with Gasteiger partial charge in [0, 0.05) is 12.8 Å². The van der Waals surface area contributed by atoms with Crippen molar-refractivity contribution in [2.75, 3.05) is 0 Å². The lowest BCUT2D eigenvalue weighted by atomic mass is 9.95. The van der Waals surface area contributed by atoms with Crippen LogP contribution in [0.2, 0.25) is 0 Å². The van der Waals surface area contributed by atoms with E-state index in [1.54, 1.807) is 0 Å². The van der Waals surface area contributed by atoms with Crippen LogP contribution in [0.5, 0.6) is 0 Å². The van der Waals surface area contributed by atoms with Crippen molar-refractivity contribution in [3.8, 4) is 0 Å². The summed E-state index contributed by atoms with van der Waals surface area (Å²) in [6.07, 6.45) is 3.72. The van der Waals surface area contributed by atoms with E-state index in [-0.39, 0.29) is 11.7 Å². The molecular weight excluding hydrogens is 142 g/mol. The highest BCUT2D eigenvalue weighted by Crippen LogP contribution is 2.33. The van der Waals surface area contributed by atoms with Crippen LogP contribution in [-0.4, -0.2) is 17.2 Å². The second kappa shape index (κ2) is 2.06. The maximum absolute atomic E-state index is 11.3. The number of amides is 1. The Hall–Kier alpha value is -0.860. The maximum atomic E-state index is 11.3. The van der Waals surface area contributed by atoms with Crippen molar-refractivity contribution in [1.29, 1.82) is 0 Å². The van der Waals surface area contributed by atoms with Gasteiger partial charge in [-0.25, -0.2) is 0 Å². The second-order valence-corrected chi connectivity index (χ2v) is 3.41. The van der Waals surface area contributed by atoms with Crippen molar-refractivity contribution in [3.05, 3.63) is 0 Å². The molecule has 1 saturated carbocycles. The molecule has 0 aromatic rings. The Balaban J connectivity index is 2.22. The molecule has 1 atom stereocenters. The van der Waals surface area contributed by atoms with Gasteiger partial charge >= 0.3 is 0 Å². The molecule has 0 radical (unpaired) electrons. The molecule has 0 aromatic heterocycles. The number of Topliss-reactive ketones (excluding diaryl/α,β-unsaturated/α-hetero) is 1. The fraction of sp³-hybridized carbons (Fsp3) is 0.750. The Kier molecular flexibility index (Phi) is 1.28. The highest BCUT2D eigenvalue weighted by Gasteiger charge is 2.46. The number of carbonyl (C=O) groups excluding carboxylic acids is 2. The zero-order valence-electron chi connectivity index (χ0n) is 6.35. The van der Waals surface area contributed by atoms with Crippen LogP contribution in [0.4, 0.5) is 0 Å². The summed E-state index contributed by atoms with van der Waals surface area (Å²) < 4.78 is 0. The minimum Gasteiger partial charge on any atom is -0.344 e. The number of carbonyl (C=O) groups is 2. The highest BCUT2D eigenvalue weighted by atomic mass is 16.2. The van der Waals surface area contributed by atoms with E-state index < -0.39 is 5.54 Å². The maximum Gasteiger partial charge on any atom is 0.220 e. The molecule has 2 fully saturated rings. The summed E-state index contributed by atoms with van der Waals surface area (Å²) in [4.78, 5) is 22.2. The van der Waals surface area contributed by atoms with Gasteiger partial charge in [0.15, 0.2) is 5.78 Å². The van der Waals surface area contributed by atoms with Gasteiger partial charge in [-0.3, -0.25) is 9.59 Å². The van der Waals surface area contributed by atoms with Crippen LogP contribution in [0, 0.1) is 0 Å². The van der Waals surface area contributed by atoms with Crippen LogP contribution in [0.15, 0.2) is 0 Å². The van der Waals surface area contributed by atoms with E-state index in [0.29, 0.717) is 12.8 Å². The van der Waals surface area contributed by atoms with E-state index >= 15 is 0 Å². The van der Waals surface area contributed by atoms with Gasteiger partial charge in [0.05, 0.1) is 5.54 Å². The van der Waals surface area contributed by atoms with Crippen molar-refractivity contribution in [1.82, 2.24) is 5.32 Å². The number of hydrogen-bond donors (Lipinski definition) is 1. The summed E-state index contributed by atoms with van der Waals surface area (Å²) >= 11 is 0. The molecule has 3 heteroatoms. The number of hydrogen-bond acceptors (Lipinski definition) is 2. The fourth-order valence-electron chi connectivity index (χ4n) is 2.04. The third kappa shape index (κ3) is 0.870. The van der Waals surface area contributed by atoms with Gasteiger partial charge in [0.1, 0.15) is 0 Å². The molecule has 1 N–H and O–H groups in total. The lowest BCUT2D eigenvalue weighted by Crippen LogP contribution is -2.44. The molecule has 1 heterocycles. The van der Waals surface area contributed by atoms with Gasteiger partial charge in [-0.1, -0.05) is 0 Å². The van der Waals surface area contributed by atoms with Gasteiger partial charge in [-0.15, -0.1) is 0 Å². The predicted octanol–water partition coefficient (Wildman–Crippen LogP) is 0.388. The van der Waals surface area contributed by atoms with Crippen LogP contribution in [0.3, 0.4) is 0 Å². The van der Waals surface area contributed by atoms with Gasteiger partial charge in [-0.05, 0) is 19.3 Å². The molecule has 1 spiro atoms. The molecule has 2 rings (SSSR count). The molecule has 0 unspecified atom stereocenters. The Bertz CT molecular complexity index is 224. The smallest absolute Gasteiger partial charge is 0.220 e. The highest BCUT2D eigenvalue weighted by molar-refractivity contribution is 5.97.